The van der Waals surface area contributed by atoms with E-state index in [9.17, 15) is 8.78 Å². The Labute approximate surface area is 141 Å². The molecule has 0 radical (unpaired) electrons. The molecule has 7 heteroatoms. The second-order valence-electron chi connectivity index (χ2n) is 5.33. The molecule has 2 nitrogen and oxygen atoms in total. The maximum atomic E-state index is 14.1. The largest absolute Gasteiger partial charge is 0.314 e. The van der Waals surface area contributed by atoms with Gasteiger partial charge >= 0.3 is 0 Å². The molecule has 1 saturated carbocycles. The maximum absolute atomic E-state index is 14.1. The van der Waals surface area contributed by atoms with Gasteiger partial charge < -0.3 is 5.32 Å². The summed E-state index contributed by atoms with van der Waals surface area (Å²) < 4.78 is 27.8. The average molecular weight is 360 g/mol. The van der Waals surface area contributed by atoms with Crippen molar-refractivity contribution in [3.63, 3.8) is 0 Å². The van der Waals surface area contributed by atoms with Crippen LogP contribution in [0.5, 0.6) is 0 Å². The first kappa shape index (κ1) is 18.9. The second-order valence-corrected chi connectivity index (χ2v) is 5.70. The fraction of sp³-hybridized carbons (Fsp3) is 0.571. The molecule has 1 N–H and O–H groups in total. The van der Waals surface area contributed by atoms with E-state index in [-0.39, 0.29) is 41.7 Å². The molecule has 1 aliphatic heterocycles. The predicted octanol–water partition coefficient (Wildman–Crippen LogP) is 3.82. The Morgan fingerprint density at radius 1 is 1.10 bits per heavy atom. The summed E-state index contributed by atoms with van der Waals surface area (Å²) >= 11 is 6.03. The zero-order chi connectivity index (χ0) is 13.4. The molecular formula is C14H19Cl3F2N2. The van der Waals surface area contributed by atoms with Gasteiger partial charge in [0.1, 0.15) is 11.6 Å². The summed E-state index contributed by atoms with van der Waals surface area (Å²) in [5.41, 5.74) is 0.353. The summed E-state index contributed by atoms with van der Waals surface area (Å²) in [4.78, 5) is 2.23. The highest BCUT2D eigenvalue weighted by Crippen LogP contribution is 2.47. The lowest BCUT2D eigenvalue weighted by atomic mass is 9.99. The minimum atomic E-state index is -0.529. The standard InChI is InChI=1S/C14H17ClF2N2.2ClH/c15-13-11(17)4-3-10(16)12(13)14(9-1-2-9)19-7-5-18-6-8-19;;/h3-4,9,14,18H,1-2,5-8H2;2*1H/t14-;;/m1../s1. The molecule has 21 heavy (non-hydrogen) atoms. The van der Waals surface area contributed by atoms with Gasteiger partial charge in [0.2, 0.25) is 0 Å². The molecule has 1 aliphatic carbocycles. The van der Waals surface area contributed by atoms with Gasteiger partial charge in [-0.25, -0.2) is 8.78 Å². The van der Waals surface area contributed by atoms with Crippen LogP contribution in [-0.4, -0.2) is 31.1 Å². The van der Waals surface area contributed by atoms with Gasteiger partial charge in [0.05, 0.1) is 5.02 Å². The monoisotopic (exact) mass is 358 g/mol. The molecule has 0 amide bonds. The third-order valence-corrected chi connectivity index (χ3v) is 4.37. The first-order chi connectivity index (χ1) is 9.18. The highest BCUT2D eigenvalue weighted by molar-refractivity contribution is 6.31. The molecule has 1 heterocycles. The van der Waals surface area contributed by atoms with Crippen molar-refractivity contribution < 1.29 is 8.78 Å². The van der Waals surface area contributed by atoms with Crippen molar-refractivity contribution in [1.29, 1.82) is 0 Å². The zero-order valence-electron chi connectivity index (χ0n) is 11.4. The van der Waals surface area contributed by atoms with E-state index < -0.39 is 5.82 Å². The van der Waals surface area contributed by atoms with E-state index in [1.807, 2.05) is 0 Å². The van der Waals surface area contributed by atoms with Crippen molar-refractivity contribution in [3.05, 3.63) is 34.4 Å². The quantitative estimate of drug-likeness (QED) is 0.825. The molecule has 1 aromatic carbocycles. The summed E-state index contributed by atoms with van der Waals surface area (Å²) in [5.74, 6) is -0.507. The van der Waals surface area contributed by atoms with Crippen LogP contribution in [-0.2, 0) is 0 Å². The van der Waals surface area contributed by atoms with E-state index in [2.05, 4.69) is 10.2 Å². The van der Waals surface area contributed by atoms with Crippen molar-refractivity contribution in [1.82, 2.24) is 10.2 Å². The third kappa shape index (κ3) is 3.99. The Morgan fingerprint density at radius 3 is 2.24 bits per heavy atom. The maximum Gasteiger partial charge on any atom is 0.142 e. The molecular weight excluding hydrogens is 341 g/mol. The first-order valence-corrected chi connectivity index (χ1v) is 7.14. The van der Waals surface area contributed by atoms with Crippen molar-refractivity contribution >= 4 is 36.4 Å². The number of hydrogen-bond acceptors (Lipinski definition) is 2. The number of nitrogens with one attached hydrogen (secondary N) is 1. The Morgan fingerprint density at radius 2 is 1.67 bits per heavy atom. The number of halogens is 5. The van der Waals surface area contributed by atoms with Crippen LogP contribution in [0.25, 0.3) is 0 Å². The average Bonchev–Trinajstić information content (AvgIpc) is 3.24. The molecule has 0 spiro atoms. The molecule has 1 atom stereocenters. The summed E-state index contributed by atoms with van der Waals surface area (Å²) in [6.45, 7) is 3.48. The highest BCUT2D eigenvalue weighted by atomic mass is 35.5. The molecule has 1 saturated heterocycles. The first-order valence-electron chi connectivity index (χ1n) is 6.76. The zero-order valence-corrected chi connectivity index (χ0v) is 13.8. The SMILES string of the molecule is Cl.Cl.Fc1ccc(F)c([C@@H](C2CC2)N2CCNCC2)c1Cl. The van der Waals surface area contributed by atoms with E-state index in [0.29, 0.717) is 11.5 Å². The van der Waals surface area contributed by atoms with Crippen LogP contribution in [0.4, 0.5) is 8.78 Å². The van der Waals surface area contributed by atoms with Crippen LogP contribution < -0.4 is 5.32 Å². The number of piperazine rings is 1. The molecule has 2 fully saturated rings. The number of hydrogen-bond donors (Lipinski definition) is 1. The summed E-state index contributed by atoms with van der Waals surface area (Å²) in [6.07, 6.45) is 2.14. The van der Waals surface area contributed by atoms with Crippen molar-refractivity contribution in [2.45, 2.75) is 18.9 Å². The fourth-order valence-corrected chi connectivity index (χ4v) is 3.17. The van der Waals surface area contributed by atoms with E-state index in [0.717, 1.165) is 45.1 Å². The lowest BCUT2D eigenvalue weighted by Crippen LogP contribution is -2.46. The van der Waals surface area contributed by atoms with Crippen molar-refractivity contribution in [2.75, 3.05) is 26.2 Å². The van der Waals surface area contributed by atoms with E-state index in [4.69, 9.17) is 11.6 Å². The van der Waals surface area contributed by atoms with Gasteiger partial charge in [-0.3, -0.25) is 4.90 Å². The molecule has 3 rings (SSSR count). The Balaban J connectivity index is 0.00000110. The van der Waals surface area contributed by atoms with E-state index >= 15 is 0 Å². The Hall–Kier alpha value is -0.130. The minimum absolute atomic E-state index is 0. The summed E-state index contributed by atoms with van der Waals surface area (Å²) in [5, 5.41) is 3.23. The number of rotatable bonds is 3. The normalized spacial score (nSPS) is 20.3. The molecule has 120 valence electrons. The summed E-state index contributed by atoms with van der Waals surface area (Å²) in [6, 6.07) is 2.21. The third-order valence-electron chi connectivity index (χ3n) is 3.99. The van der Waals surface area contributed by atoms with Crippen LogP contribution >= 0.6 is 36.4 Å². The lowest BCUT2D eigenvalue weighted by Gasteiger charge is -2.36. The molecule has 1 aromatic rings. The van der Waals surface area contributed by atoms with Gasteiger partial charge in [-0.2, -0.15) is 0 Å². The number of nitrogens with zero attached hydrogens (tertiary/aromatic N) is 1. The topological polar surface area (TPSA) is 15.3 Å². The van der Waals surface area contributed by atoms with Crippen molar-refractivity contribution in [2.24, 2.45) is 5.92 Å². The Kier molecular flexibility index (Phi) is 7.14. The van der Waals surface area contributed by atoms with Gasteiger partial charge in [0.15, 0.2) is 0 Å². The minimum Gasteiger partial charge on any atom is -0.314 e. The van der Waals surface area contributed by atoms with Crippen LogP contribution in [0.3, 0.4) is 0 Å². The van der Waals surface area contributed by atoms with Gasteiger partial charge in [-0.1, -0.05) is 11.6 Å². The van der Waals surface area contributed by atoms with Gasteiger partial charge in [-0.05, 0) is 30.9 Å². The lowest BCUT2D eigenvalue weighted by molar-refractivity contribution is 0.153. The van der Waals surface area contributed by atoms with Gasteiger partial charge in [0.25, 0.3) is 0 Å². The second kappa shape index (κ2) is 7.93. The summed E-state index contributed by atoms with van der Waals surface area (Å²) in [7, 11) is 0. The smallest absolute Gasteiger partial charge is 0.142 e. The van der Waals surface area contributed by atoms with Gasteiger partial charge in [0, 0.05) is 37.8 Å². The van der Waals surface area contributed by atoms with Crippen LogP contribution in [0.1, 0.15) is 24.4 Å². The van der Waals surface area contributed by atoms with Crippen LogP contribution in [0, 0.1) is 17.6 Å². The van der Waals surface area contributed by atoms with E-state index in [1.165, 1.54) is 6.07 Å². The van der Waals surface area contributed by atoms with Crippen molar-refractivity contribution in [3.8, 4) is 0 Å². The highest BCUT2D eigenvalue weighted by Gasteiger charge is 2.39. The fourth-order valence-electron chi connectivity index (χ4n) is 2.90. The Bertz CT molecular complexity index is 478. The molecule has 0 unspecified atom stereocenters. The van der Waals surface area contributed by atoms with Crippen LogP contribution in [0.2, 0.25) is 5.02 Å². The molecule has 0 aromatic heterocycles. The van der Waals surface area contributed by atoms with Gasteiger partial charge in [-0.15, -0.1) is 24.8 Å². The molecule has 0 bridgehead atoms. The molecule has 2 aliphatic rings. The van der Waals surface area contributed by atoms with E-state index in [1.54, 1.807) is 0 Å². The number of benzene rings is 1. The predicted molar refractivity (Wildman–Crippen MR) is 85.8 cm³/mol. The van der Waals surface area contributed by atoms with Crippen LogP contribution in [0.15, 0.2) is 12.1 Å².